The third-order valence-electron chi connectivity index (χ3n) is 7.13. The van der Waals surface area contributed by atoms with Crippen molar-refractivity contribution in [1.82, 2.24) is 10.2 Å². The van der Waals surface area contributed by atoms with Gasteiger partial charge in [-0.2, -0.15) is 0 Å². The molecular formula is C34H34BrCl2N3O4S. The van der Waals surface area contributed by atoms with Gasteiger partial charge in [0.15, 0.2) is 0 Å². The number of nitrogens with one attached hydrogen (secondary N) is 1. The van der Waals surface area contributed by atoms with Gasteiger partial charge in [0, 0.05) is 29.0 Å². The zero-order chi connectivity index (χ0) is 32.6. The Balaban J connectivity index is 1.83. The van der Waals surface area contributed by atoms with Crippen LogP contribution in [0.1, 0.15) is 30.0 Å². The predicted octanol–water partition coefficient (Wildman–Crippen LogP) is 7.43. The smallest absolute Gasteiger partial charge is 0.264 e. The molecule has 0 aliphatic heterocycles. The summed E-state index contributed by atoms with van der Waals surface area (Å²) in [6.45, 7) is 3.64. The molecule has 0 bridgehead atoms. The summed E-state index contributed by atoms with van der Waals surface area (Å²) in [5.41, 5.74) is 2.53. The van der Waals surface area contributed by atoms with Gasteiger partial charge in [0.2, 0.25) is 11.8 Å². The van der Waals surface area contributed by atoms with E-state index in [1.54, 1.807) is 18.2 Å². The van der Waals surface area contributed by atoms with Crippen LogP contribution in [0.2, 0.25) is 10.0 Å². The summed E-state index contributed by atoms with van der Waals surface area (Å²) in [5.74, 6) is -0.924. The lowest BCUT2D eigenvalue weighted by Gasteiger charge is -2.34. The van der Waals surface area contributed by atoms with E-state index in [0.29, 0.717) is 13.0 Å². The van der Waals surface area contributed by atoms with Crippen LogP contribution in [0.4, 0.5) is 5.69 Å². The van der Waals surface area contributed by atoms with Crippen molar-refractivity contribution in [3.63, 3.8) is 0 Å². The average molecular weight is 732 g/mol. The van der Waals surface area contributed by atoms with Gasteiger partial charge < -0.3 is 10.2 Å². The highest BCUT2D eigenvalue weighted by Gasteiger charge is 2.35. The Morgan fingerprint density at radius 3 is 2.24 bits per heavy atom. The fourth-order valence-electron chi connectivity index (χ4n) is 4.78. The van der Waals surface area contributed by atoms with E-state index in [-0.39, 0.29) is 39.5 Å². The Labute approximate surface area is 283 Å². The van der Waals surface area contributed by atoms with E-state index in [9.17, 15) is 18.0 Å². The minimum atomic E-state index is -4.30. The summed E-state index contributed by atoms with van der Waals surface area (Å²) in [6, 6.07) is 26.6. The Hall–Kier alpha value is -3.37. The second-order valence-corrected chi connectivity index (χ2v) is 14.2. The first-order valence-corrected chi connectivity index (χ1v) is 17.4. The standard InChI is InChI=1S/C34H34BrCl2N3O4S/c1-3-18-38-34(42)32(20-25-8-5-4-6-9-25)39(22-26-10-7-11-27(35)19-26)33(41)23-40(31-21-28(36)14-17-30(31)37)45(43,44)29-15-12-24(2)13-16-29/h4-17,19,21,32H,3,18,20,22-23H2,1-2H3,(H,38,42)/t32-/m0/s1. The molecule has 4 aromatic rings. The Bertz CT molecular complexity index is 1740. The monoisotopic (exact) mass is 729 g/mol. The van der Waals surface area contributed by atoms with Gasteiger partial charge in [0.25, 0.3) is 10.0 Å². The minimum Gasteiger partial charge on any atom is -0.354 e. The van der Waals surface area contributed by atoms with Gasteiger partial charge in [-0.05, 0) is 66.9 Å². The predicted molar refractivity (Wildman–Crippen MR) is 184 cm³/mol. The van der Waals surface area contributed by atoms with E-state index >= 15 is 0 Å². The molecule has 0 saturated carbocycles. The van der Waals surface area contributed by atoms with Crippen LogP contribution < -0.4 is 9.62 Å². The van der Waals surface area contributed by atoms with E-state index in [0.717, 1.165) is 25.5 Å². The lowest BCUT2D eigenvalue weighted by Crippen LogP contribution is -2.53. The topological polar surface area (TPSA) is 86.8 Å². The molecular weight excluding hydrogens is 697 g/mol. The van der Waals surface area contributed by atoms with Gasteiger partial charge in [-0.1, -0.05) is 106 Å². The number of anilines is 1. The van der Waals surface area contributed by atoms with Crippen LogP contribution in [0.5, 0.6) is 0 Å². The maximum Gasteiger partial charge on any atom is 0.264 e. The van der Waals surface area contributed by atoms with E-state index in [1.165, 1.54) is 29.2 Å². The van der Waals surface area contributed by atoms with E-state index in [4.69, 9.17) is 23.2 Å². The summed E-state index contributed by atoms with van der Waals surface area (Å²) in [5, 5.41) is 3.28. The number of hydrogen-bond acceptors (Lipinski definition) is 4. The number of rotatable bonds is 13. The van der Waals surface area contributed by atoms with Crippen LogP contribution in [0.3, 0.4) is 0 Å². The zero-order valence-electron chi connectivity index (χ0n) is 24.9. The normalized spacial score (nSPS) is 11.9. The number of hydrogen-bond donors (Lipinski definition) is 1. The van der Waals surface area contributed by atoms with Crippen molar-refractivity contribution in [2.24, 2.45) is 0 Å². The van der Waals surface area contributed by atoms with Gasteiger partial charge in [-0.3, -0.25) is 13.9 Å². The van der Waals surface area contributed by atoms with Crippen molar-refractivity contribution in [2.75, 3.05) is 17.4 Å². The van der Waals surface area contributed by atoms with Crippen molar-refractivity contribution in [2.45, 2.75) is 44.2 Å². The number of carbonyl (C=O) groups is 2. The first kappa shape index (κ1) is 34.5. The first-order chi connectivity index (χ1) is 21.5. The highest BCUT2D eigenvalue weighted by atomic mass is 79.9. The summed E-state index contributed by atoms with van der Waals surface area (Å²) < 4.78 is 30.1. The molecule has 4 rings (SSSR count). The van der Waals surface area contributed by atoms with Crippen molar-refractivity contribution >= 4 is 66.7 Å². The van der Waals surface area contributed by atoms with Crippen LogP contribution in [-0.4, -0.2) is 44.3 Å². The van der Waals surface area contributed by atoms with E-state index < -0.39 is 28.5 Å². The fourth-order valence-corrected chi connectivity index (χ4v) is 7.09. The van der Waals surface area contributed by atoms with Gasteiger partial charge in [-0.25, -0.2) is 8.42 Å². The van der Waals surface area contributed by atoms with Gasteiger partial charge in [0.05, 0.1) is 15.6 Å². The molecule has 0 radical (unpaired) electrons. The molecule has 0 unspecified atom stereocenters. The molecule has 7 nitrogen and oxygen atoms in total. The molecule has 2 amide bonds. The van der Waals surface area contributed by atoms with E-state index in [2.05, 4.69) is 21.2 Å². The Kier molecular flexibility index (Phi) is 12.1. The SMILES string of the molecule is CCCNC(=O)[C@H](Cc1ccccc1)N(Cc1cccc(Br)c1)C(=O)CN(c1cc(Cl)ccc1Cl)S(=O)(=O)c1ccc(C)cc1. The van der Waals surface area contributed by atoms with Crippen LogP contribution in [0, 0.1) is 6.92 Å². The number of carbonyl (C=O) groups excluding carboxylic acids is 2. The van der Waals surface area contributed by atoms with Gasteiger partial charge in [0.1, 0.15) is 12.6 Å². The van der Waals surface area contributed by atoms with Gasteiger partial charge >= 0.3 is 0 Å². The molecule has 0 spiro atoms. The molecule has 1 N–H and O–H groups in total. The van der Waals surface area contributed by atoms with Crippen LogP contribution in [0.25, 0.3) is 0 Å². The summed E-state index contributed by atoms with van der Waals surface area (Å²) in [6.07, 6.45) is 0.929. The second-order valence-electron chi connectivity index (χ2n) is 10.6. The number of amides is 2. The average Bonchev–Trinajstić information content (AvgIpc) is 3.02. The molecule has 0 aromatic heterocycles. The molecule has 0 heterocycles. The summed E-state index contributed by atoms with van der Waals surface area (Å²) in [7, 11) is -4.30. The van der Waals surface area contributed by atoms with E-state index in [1.807, 2.05) is 68.4 Å². The van der Waals surface area contributed by atoms with Crippen molar-refractivity contribution in [3.05, 3.63) is 128 Å². The van der Waals surface area contributed by atoms with Crippen molar-refractivity contribution in [1.29, 1.82) is 0 Å². The van der Waals surface area contributed by atoms with Crippen LogP contribution in [-0.2, 0) is 32.6 Å². The molecule has 45 heavy (non-hydrogen) atoms. The summed E-state index contributed by atoms with van der Waals surface area (Å²) in [4.78, 5) is 29.7. The van der Waals surface area contributed by atoms with Gasteiger partial charge in [-0.15, -0.1) is 0 Å². The molecule has 0 saturated heterocycles. The maximum atomic E-state index is 14.5. The van der Waals surface area contributed by atoms with Crippen LogP contribution in [0.15, 0.2) is 106 Å². The number of benzene rings is 4. The fraction of sp³-hybridized carbons (Fsp3) is 0.235. The number of sulfonamides is 1. The maximum absolute atomic E-state index is 14.5. The Morgan fingerprint density at radius 1 is 0.889 bits per heavy atom. The molecule has 11 heteroatoms. The third-order valence-corrected chi connectivity index (χ3v) is 9.95. The van der Waals surface area contributed by atoms with Crippen LogP contribution >= 0.6 is 39.1 Å². The van der Waals surface area contributed by atoms with Crippen molar-refractivity contribution in [3.8, 4) is 0 Å². The number of nitrogens with zero attached hydrogens (tertiary/aromatic N) is 2. The highest BCUT2D eigenvalue weighted by Crippen LogP contribution is 2.33. The molecule has 0 fully saturated rings. The molecule has 236 valence electrons. The molecule has 1 atom stereocenters. The van der Waals surface area contributed by atoms with Crippen molar-refractivity contribution < 1.29 is 18.0 Å². The summed E-state index contributed by atoms with van der Waals surface area (Å²) >= 11 is 16.3. The number of aryl methyl sites for hydroxylation is 1. The third kappa shape index (κ3) is 9.10. The lowest BCUT2D eigenvalue weighted by molar-refractivity contribution is -0.140. The Morgan fingerprint density at radius 2 is 1.58 bits per heavy atom. The highest BCUT2D eigenvalue weighted by molar-refractivity contribution is 9.10. The molecule has 0 aliphatic rings. The second kappa shape index (κ2) is 15.8. The lowest BCUT2D eigenvalue weighted by atomic mass is 10.0. The largest absolute Gasteiger partial charge is 0.354 e. The first-order valence-electron chi connectivity index (χ1n) is 14.4. The zero-order valence-corrected chi connectivity index (χ0v) is 28.8. The number of halogens is 3. The molecule has 4 aromatic carbocycles. The quantitative estimate of drug-likeness (QED) is 0.155. The molecule has 0 aliphatic carbocycles. The minimum absolute atomic E-state index is 0.0167.